The zero-order valence-corrected chi connectivity index (χ0v) is 12.5. The molecule has 2 N–H and O–H groups in total. The Hall–Kier alpha value is -1.79. The molecule has 0 amide bonds. The number of esters is 1. The predicted molar refractivity (Wildman–Crippen MR) is 79.5 cm³/mol. The lowest BCUT2D eigenvalue weighted by atomic mass is 10.2. The van der Waals surface area contributed by atoms with Crippen molar-refractivity contribution in [3.8, 4) is 5.75 Å². The second kappa shape index (κ2) is 7.28. The van der Waals surface area contributed by atoms with Gasteiger partial charge in [-0.1, -0.05) is 6.92 Å². The molecule has 116 valence electrons. The lowest BCUT2D eigenvalue weighted by Crippen LogP contribution is -2.44. The molecule has 6 heteroatoms. The van der Waals surface area contributed by atoms with Crippen LogP contribution in [0.5, 0.6) is 5.75 Å². The minimum Gasteiger partial charge on any atom is -0.496 e. The molecule has 0 aromatic heterocycles. The van der Waals surface area contributed by atoms with E-state index in [0.29, 0.717) is 23.6 Å². The number of nitrogens with zero attached hydrogens (tertiary/aromatic N) is 1. The van der Waals surface area contributed by atoms with E-state index in [-0.39, 0.29) is 12.7 Å². The second-order valence-electron chi connectivity index (χ2n) is 4.94. The zero-order chi connectivity index (χ0) is 15.2. The van der Waals surface area contributed by atoms with Gasteiger partial charge in [0.1, 0.15) is 24.0 Å². The van der Waals surface area contributed by atoms with Crippen LogP contribution in [0.15, 0.2) is 18.2 Å². The molecule has 1 aliphatic rings. The first kappa shape index (κ1) is 15.6. The van der Waals surface area contributed by atoms with Gasteiger partial charge in [0.2, 0.25) is 0 Å². The summed E-state index contributed by atoms with van der Waals surface area (Å²) in [6, 6.07) is 4.86. The summed E-state index contributed by atoms with van der Waals surface area (Å²) in [5, 5.41) is 0. The van der Waals surface area contributed by atoms with Crippen molar-refractivity contribution in [3.63, 3.8) is 0 Å². The number of hydrogen-bond donors (Lipinski definition) is 1. The molecular weight excluding hydrogens is 272 g/mol. The summed E-state index contributed by atoms with van der Waals surface area (Å²) in [6.45, 7) is 5.69. The van der Waals surface area contributed by atoms with Gasteiger partial charge in [0.25, 0.3) is 0 Å². The number of likely N-dealkylation sites (N-methyl/N-ethyl adjacent to an activating group) is 1. The molecule has 1 aliphatic heterocycles. The third kappa shape index (κ3) is 4.09. The highest BCUT2D eigenvalue weighted by Gasteiger charge is 2.22. The fourth-order valence-corrected chi connectivity index (χ4v) is 2.29. The molecule has 0 saturated carbocycles. The van der Waals surface area contributed by atoms with Crippen molar-refractivity contribution >= 4 is 11.7 Å². The molecule has 1 aromatic rings. The third-order valence-corrected chi connectivity index (χ3v) is 3.52. The van der Waals surface area contributed by atoms with Gasteiger partial charge in [0.05, 0.1) is 13.7 Å². The van der Waals surface area contributed by atoms with E-state index in [1.807, 2.05) is 0 Å². The maximum Gasteiger partial charge on any atom is 0.342 e. The number of carbonyl (C=O) groups excluding carboxylic acids is 1. The molecule has 0 bridgehead atoms. The van der Waals surface area contributed by atoms with E-state index < -0.39 is 5.97 Å². The first-order chi connectivity index (χ1) is 10.1. The summed E-state index contributed by atoms with van der Waals surface area (Å²) in [7, 11) is 1.49. The molecule has 2 rings (SSSR count). The maximum atomic E-state index is 12.1. The molecule has 1 unspecified atom stereocenters. The molecule has 0 radical (unpaired) electrons. The van der Waals surface area contributed by atoms with Crippen molar-refractivity contribution in [2.24, 2.45) is 0 Å². The van der Waals surface area contributed by atoms with Gasteiger partial charge < -0.3 is 19.9 Å². The van der Waals surface area contributed by atoms with Gasteiger partial charge in [-0.25, -0.2) is 4.79 Å². The fraction of sp³-hybridized carbons (Fsp3) is 0.533. The van der Waals surface area contributed by atoms with Crippen LogP contribution in [-0.4, -0.2) is 56.9 Å². The standard InChI is InChI=1S/C15H22N2O4/c1-3-17-6-7-20-12(9-17)10-21-15(18)13-5-4-11(16)8-14(13)19-2/h4-5,8,12H,3,6-7,9-10,16H2,1-2H3. The van der Waals surface area contributed by atoms with E-state index in [0.717, 1.165) is 19.6 Å². The number of benzene rings is 1. The van der Waals surface area contributed by atoms with Gasteiger partial charge in [-0.3, -0.25) is 4.90 Å². The lowest BCUT2D eigenvalue weighted by molar-refractivity contribution is -0.0578. The highest BCUT2D eigenvalue weighted by Crippen LogP contribution is 2.22. The minimum atomic E-state index is -0.427. The molecule has 1 aromatic carbocycles. The van der Waals surface area contributed by atoms with E-state index in [9.17, 15) is 4.79 Å². The molecule has 0 spiro atoms. The molecule has 1 heterocycles. The van der Waals surface area contributed by atoms with Crippen LogP contribution < -0.4 is 10.5 Å². The summed E-state index contributed by atoms with van der Waals surface area (Å²) in [4.78, 5) is 14.4. The van der Waals surface area contributed by atoms with E-state index in [4.69, 9.17) is 19.9 Å². The average Bonchev–Trinajstić information content (AvgIpc) is 2.52. The molecule has 0 aliphatic carbocycles. The first-order valence-electron chi connectivity index (χ1n) is 7.08. The van der Waals surface area contributed by atoms with Crippen molar-refractivity contribution in [1.82, 2.24) is 4.90 Å². The number of anilines is 1. The first-order valence-corrected chi connectivity index (χ1v) is 7.08. The summed E-state index contributed by atoms with van der Waals surface area (Å²) in [5.74, 6) is -0.0104. The summed E-state index contributed by atoms with van der Waals surface area (Å²) in [5.41, 5.74) is 6.58. The molecule has 1 fully saturated rings. The van der Waals surface area contributed by atoms with Gasteiger partial charge >= 0.3 is 5.97 Å². The SMILES string of the molecule is CCN1CCOC(COC(=O)c2ccc(N)cc2OC)C1. The van der Waals surface area contributed by atoms with Crippen molar-refractivity contribution in [3.05, 3.63) is 23.8 Å². The number of carbonyl (C=O) groups is 1. The number of rotatable bonds is 5. The monoisotopic (exact) mass is 294 g/mol. The lowest BCUT2D eigenvalue weighted by Gasteiger charge is -2.31. The smallest absolute Gasteiger partial charge is 0.342 e. The third-order valence-electron chi connectivity index (χ3n) is 3.52. The molecule has 1 saturated heterocycles. The Balaban J connectivity index is 1.92. The maximum absolute atomic E-state index is 12.1. The van der Waals surface area contributed by atoms with Crippen LogP contribution in [0, 0.1) is 0 Å². The van der Waals surface area contributed by atoms with Crippen LogP contribution in [0.3, 0.4) is 0 Å². The highest BCUT2D eigenvalue weighted by molar-refractivity contribution is 5.93. The van der Waals surface area contributed by atoms with E-state index >= 15 is 0 Å². The molecule has 6 nitrogen and oxygen atoms in total. The Morgan fingerprint density at radius 2 is 2.33 bits per heavy atom. The van der Waals surface area contributed by atoms with Crippen LogP contribution in [0.25, 0.3) is 0 Å². The average molecular weight is 294 g/mol. The Bertz CT molecular complexity index is 493. The Kier molecular flexibility index (Phi) is 5.41. The van der Waals surface area contributed by atoms with Gasteiger partial charge in [-0.15, -0.1) is 0 Å². The van der Waals surface area contributed by atoms with Crippen LogP contribution >= 0.6 is 0 Å². The Morgan fingerprint density at radius 3 is 3.05 bits per heavy atom. The molecular formula is C15H22N2O4. The number of hydrogen-bond acceptors (Lipinski definition) is 6. The van der Waals surface area contributed by atoms with Crippen LogP contribution in [-0.2, 0) is 9.47 Å². The van der Waals surface area contributed by atoms with Crippen LogP contribution in [0.2, 0.25) is 0 Å². The number of ether oxygens (including phenoxy) is 3. The summed E-state index contributed by atoms with van der Waals surface area (Å²) in [6.07, 6.45) is -0.0811. The Morgan fingerprint density at radius 1 is 1.52 bits per heavy atom. The van der Waals surface area contributed by atoms with Crippen LogP contribution in [0.4, 0.5) is 5.69 Å². The Labute approximate surface area is 124 Å². The van der Waals surface area contributed by atoms with Crippen LogP contribution in [0.1, 0.15) is 17.3 Å². The van der Waals surface area contributed by atoms with E-state index in [1.54, 1.807) is 18.2 Å². The number of morpholine rings is 1. The number of nitrogens with two attached hydrogens (primary N) is 1. The van der Waals surface area contributed by atoms with Crippen molar-refractivity contribution in [1.29, 1.82) is 0 Å². The summed E-state index contributed by atoms with van der Waals surface area (Å²) < 4.78 is 16.1. The van der Waals surface area contributed by atoms with Gasteiger partial charge in [0, 0.05) is 24.8 Å². The quantitative estimate of drug-likeness (QED) is 0.649. The topological polar surface area (TPSA) is 74.0 Å². The second-order valence-corrected chi connectivity index (χ2v) is 4.94. The highest BCUT2D eigenvalue weighted by atomic mass is 16.6. The predicted octanol–water partition coefficient (Wildman–Crippen LogP) is 1.15. The van der Waals surface area contributed by atoms with Gasteiger partial charge in [-0.05, 0) is 18.7 Å². The number of nitrogen functional groups attached to an aromatic ring is 1. The van der Waals surface area contributed by atoms with E-state index in [1.165, 1.54) is 7.11 Å². The van der Waals surface area contributed by atoms with Gasteiger partial charge in [0.15, 0.2) is 0 Å². The fourth-order valence-electron chi connectivity index (χ4n) is 2.29. The zero-order valence-electron chi connectivity index (χ0n) is 12.5. The molecule has 1 atom stereocenters. The summed E-state index contributed by atoms with van der Waals surface area (Å²) >= 11 is 0. The normalized spacial score (nSPS) is 19.2. The molecule has 21 heavy (non-hydrogen) atoms. The van der Waals surface area contributed by atoms with Crippen molar-refractivity contribution in [2.75, 3.05) is 45.7 Å². The van der Waals surface area contributed by atoms with Crippen molar-refractivity contribution < 1.29 is 19.0 Å². The minimum absolute atomic E-state index is 0.0811. The van der Waals surface area contributed by atoms with Gasteiger partial charge in [-0.2, -0.15) is 0 Å². The van der Waals surface area contributed by atoms with Crippen molar-refractivity contribution in [2.45, 2.75) is 13.0 Å². The number of methoxy groups -OCH3 is 1. The van der Waals surface area contributed by atoms with E-state index in [2.05, 4.69) is 11.8 Å². The largest absolute Gasteiger partial charge is 0.496 e.